The van der Waals surface area contributed by atoms with E-state index in [1.807, 2.05) is 6.20 Å². The second-order valence-electron chi connectivity index (χ2n) is 4.44. The summed E-state index contributed by atoms with van der Waals surface area (Å²) in [5, 5.41) is 0.656. The predicted octanol–water partition coefficient (Wildman–Crippen LogP) is 2.00. The van der Waals surface area contributed by atoms with Gasteiger partial charge in [-0.3, -0.25) is 4.90 Å². The Balaban J connectivity index is 0.00000144. The number of anilines is 1. The number of thiazole rings is 1. The zero-order chi connectivity index (χ0) is 11.5. The molecule has 17 heavy (non-hydrogen) atoms. The average Bonchev–Trinajstić information content (AvgIpc) is 2.67. The van der Waals surface area contributed by atoms with Gasteiger partial charge in [0.05, 0.1) is 6.10 Å². The average molecular weight is 278 g/mol. The van der Waals surface area contributed by atoms with Gasteiger partial charge in [-0.25, -0.2) is 4.98 Å². The molecule has 0 aromatic carbocycles. The van der Waals surface area contributed by atoms with Crippen molar-refractivity contribution in [2.45, 2.75) is 26.0 Å². The molecule has 2 atom stereocenters. The van der Waals surface area contributed by atoms with Crippen LogP contribution in [-0.4, -0.2) is 36.2 Å². The monoisotopic (exact) mass is 277 g/mol. The van der Waals surface area contributed by atoms with Crippen LogP contribution in [0, 0.1) is 5.92 Å². The molecule has 2 N–H and O–H groups in total. The fraction of sp³-hybridized carbons (Fsp3) is 0.727. The minimum absolute atomic E-state index is 0. The Kier molecular flexibility index (Phi) is 5.66. The molecule has 1 aromatic rings. The molecule has 0 amide bonds. The number of nitrogens with zero attached hydrogens (tertiary/aromatic N) is 2. The highest BCUT2D eigenvalue weighted by molar-refractivity contribution is 7.15. The van der Waals surface area contributed by atoms with Gasteiger partial charge in [0.2, 0.25) is 0 Å². The number of nitrogens with two attached hydrogens (primary N) is 1. The van der Waals surface area contributed by atoms with Gasteiger partial charge in [-0.1, -0.05) is 6.92 Å². The Morgan fingerprint density at radius 3 is 3.00 bits per heavy atom. The lowest BCUT2D eigenvalue weighted by atomic mass is 9.96. The number of nitrogen functional groups attached to an aromatic ring is 1. The lowest BCUT2D eigenvalue weighted by molar-refractivity contribution is -0.00717. The normalized spacial score (nSPS) is 25.5. The van der Waals surface area contributed by atoms with Crippen molar-refractivity contribution in [2.75, 3.05) is 25.9 Å². The first-order valence-electron chi connectivity index (χ1n) is 5.64. The van der Waals surface area contributed by atoms with Gasteiger partial charge < -0.3 is 10.5 Å². The molecule has 1 fully saturated rings. The van der Waals surface area contributed by atoms with Crippen LogP contribution < -0.4 is 5.73 Å². The van der Waals surface area contributed by atoms with Gasteiger partial charge in [-0.15, -0.1) is 23.7 Å². The highest BCUT2D eigenvalue weighted by Crippen LogP contribution is 2.23. The molecule has 0 spiro atoms. The van der Waals surface area contributed by atoms with Crippen LogP contribution in [0.5, 0.6) is 0 Å². The number of piperidine rings is 1. The number of halogens is 1. The van der Waals surface area contributed by atoms with Gasteiger partial charge in [0, 0.05) is 31.3 Å². The Morgan fingerprint density at radius 1 is 1.65 bits per heavy atom. The van der Waals surface area contributed by atoms with Crippen LogP contribution in [0.25, 0.3) is 0 Å². The van der Waals surface area contributed by atoms with E-state index in [0.29, 0.717) is 17.2 Å². The second kappa shape index (κ2) is 6.54. The van der Waals surface area contributed by atoms with Crippen LogP contribution in [0.3, 0.4) is 0 Å². The van der Waals surface area contributed by atoms with Crippen LogP contribution in [-0.2, 0) is 11.3 Å². The molecule has 2 rings (SSSR count). The number of aromatic nitrogens is 1. The predicted molar refractivity (Wildman–Crippen MR) is 73.6 cm³/mol. The molecule has 0 aliphatic carbocycles. The molecule has 0 saturated carbocycles. The standard InChI is InChI=1S/C11H19N3OS.ClH/c1-8-3-4-14(7-10(8)15-2)6-9-5-13-11(12)16-9;/h5,8,10H,3-4,6-7H2,1-2H3,(H2,12,13);1H. The maximum atomic E-state index is 5.62. The molecule has 1 aliphatic heterocycles. The van der Waals surface area contributed by atoms with Gasteiger partial charge in [-0.2, -0.15) is 0 Å². The highest BCUT2D eigenvalue weighted by Gasteiger charge is 2.26. The van der Waals surface area contributed by atoms with Crippen LogP contribution in [0.1, 0.15) is 18.2 Å². The fourth-order valence-corrected chi connectivity index (χ4v) is 2.89. The van der Waals surface area contributed by atoms with Gasteiger partial charge >= 0.3 is 0 Å². The van der Waals surface area contributed by atoms with Crippen molar-refractivity contribution in [3.8, 4) is 0 Å². The van der Waals surface area contributed by atoms with Crippen molar-refractivity contribution in [3.63, 3.8) is 0 Å². The number of hydrogen-bond donors (Lipinski definition) is 1. The molecular formula is C11H20ClN3OS. The summed E-state index contributed by atoms with van der Waals surface area (Å²) in [7, 11) is 1.80. The third-order valence-corrected chi connectivity index (χ3v) is 4.04. The van der Waals surface area contributed by atoms with Crippen molar-refractivity contribution < 1.29 is 4.74 Å². The summed E-state index contributed by atoms with van der Waals surface area (Å²) in [6, 6.07) is 0. The number of rotatable bonds is 3. The summed E-state index contributed by atoms with van der Waals surface area (Å²) in [6.07, 6.45) is 3.44. The Labute approximate surface area is 113 Å². The molecule has 4 nitrogen and oxygen atoms in total. The zero-order valence-electron chi connectivity index (χ0n) is 10.3. The number of likely N-dealkylation sites (tertiary alicyclic amines) is 1. The summed E-state index contributed by atoms with van der Waals surface area (Å²) in [6.45, 7) is 5.35. The quantitative estimate of drug-likeness (QED) is 0.918. The van der Waals surface area contributed by atoms with E-state index in [4.69, 9.17) is 10.5 Å². The smallest absolute Gasteiger partial charge is 0.180 e. The summed E-state index contributed by atoms with van der Waals surface area (Å²) in [5.41, 5.74) is 5.62. The minimum Gasteiger partial charge on any atom is -0.380 e. The van der Waals surface area contributed by atoms with E-state index in [9.17, 15) is 0 Å². The zero-order valence-corrected chi connectivity index (χ0v) is 11.9. The molecule has 1 aliphatic rings. The van der Waals surface area contributed by atoms with Crippen molar-refractivity contribution in [3.05, 3.63) is 11.1 Å². The fourth-order valence-electron chi connectivity index (χ4n) is 2.16. The molecule has 1 saturated heterocycles. The van der Waals surface area contributed by atoms with E-state index < -0.39 is 0 Å². The Bertz CT molecular complexity index is 347. The minimum atomic E-state index is 0. The van der Waals surface area contributed by atoms with Crippen LogP contribution >= 0.6 is 23.7 Å². The molecule has 0 bridgehead atoms. The molecule has 1 aromatic heterocycles. The summed E-state index contributed by atoms with van der Waals surface area (Å²) < 4.78 is 5.50. The van der Waals surface area contributed by atoms with E-state index in [2.05, 4.69) is 16.8 Å². The molecule has 0 radical (unpaired) electrons. The molecule has 6 heteroatoms. The highest BCUT2D eigenvalue weighted by atomic mass is 35.5. The van der Waals surface area contributed by atoms with Gasteiger partial charge in [0.25, 0.3) is 0 Å². The SMILES string of the molecule is COC1CN(Cc2cnc(N)s2)CCC1C.Cl. The van der Waals surface area contributed by atoms with Gasteiger partial charge in [-0.05, 0) is 18.9 Å². The van der Waals surface area contributed by atoms with Crippen LogP contribution in [0.4, 0.5) is 5.13 Å². The first-order chi connectivity index (χ1) is 7.69. The maximum absolute atomic E-state index is 5.62. The first kappa shape index (κ1) is 14.7. The van der Waals surface area contributed by atoms with Gasteiger partial charge in [0.15, 0.2) is 5.13 Å². The van der Waals surface area contributed by atoms with E-state index >= 15 is 0 Å². The first-order valence-corrected chi connectivity index (χ1v) is 6.46. The maximum Gasteiger partial charge on any atom is 0.180 e. The largest absolute Gasteiger partial charge is 0.380 e. The van der Waals surface area contributed by atoms with Crippen LogP contribution in [0.15, 0.2) is 6.20 Å². The van der Waals surface area contributed by atoms with E-state index in [1.54, 1.807) is 18.4 Å². The Hall–Kier alpha value is -0.360. The summed E-state index contributed by atoms with van der Waals surface area (Å²) in [5.74, 6) is 0.660. The van der Waals surface area contributed by atoms with E-state index in [1.165, 1.54) is 11.3 Å². The van der Waals surface area contributed by atoms with Crippen molar-refractivity contribution in [1.29, 1.82) is 0 Å². The molecule has 98 valence electrons. The van der Waals surface area contributed by atoms with Crippen LogP contribution in [0.2, 0.25) is 0 Å². The lowest BCUT2D eigenvalue weighted by Crippen LogP contribution is -2.43. The topological polar surface area (TPSA) is 51.4 Å². The number of ether oxygens (including phenoxy) is 1. The molecular weight excluding hydrogens is 258 g/mol. The van der Waals surface area contributed by atoms with Crippen molar-refractivity contribution >= 4 is 28.9 Å². The number of methoxy groups -OCH3 is 1. The third kappa shape index (κ3) is 3.81. The molecule has 2 unspecified atom stereocenters. The van der Waals surface area contributed by atoms with E-state index in [0.717, 1.165) is 19.6 Å². The summed E-state index contributed by atoms with van der Waals surface area (Å²) >= 11 is 1.58. The lowest BCUT2D eigenvalue weighted by Gasteiger charge is -2.35. The number of hydrogen-bond acceptors (Lipinski definition) is 5. The van der Waals surface area contributed by atoms with Gasteiger partial charge in [0.1, 0.15) is 0 Å². The van der Waals surface area contributed by atoms with Crippen molar-refractivity contribution in [1.82, 2.24) is 9.88 Å². The third-order valence-electron chi connectivity index (χ3n) is 3.23. The van der Waals surface area contributed by atoms with Crippen molar-refractivity contribution in [2.24, 2.45) is 5.92 Å². The Morgan fingerprint density at radius 2 is 2.41 bits per heavy atom. The summed E-state index contributed by atoms with van der Waals surface area (Å²) in [4.78, 5) is 7.73. The van der Waals surface area contributed by atoms with E-state index in [-0.39, 0.29) is 12.4 Å². The second-order valence-corrected chi connectivity index (χ2v) is 5.59. The molecule has 2 heterocycles.